The molecule has 1 aromatic carbocycles. The molecule has 0 fully saturated rings. The minimum Gasteiger partial charge on any atom is -0.375 e. The van der Waals surface area contributed by atoms with Gasteiger partial charge in [0.1, 0.15) is 0 Å². The van der Waals surface area contributed by atoms with E-state index in [1.807, 2.05) is 37.3 Å². The van der Waals surface area contributed by atoms with Crippen molar-refractivity contribution in [3.63, 3.8) is 0 Å². The molecular weight excluding hydrogens is 310 g/mol. The second-order valence-corrected chi connectivity index (χ2v) is 5.64. The first-order valence-corrected chi connectivity index (χ1v) is 7.79. The van der Waals surface area contributed by atoms with E-state index in [9.17, 15) is 9.59 Å². The van der Waals surface area contributed by atoms with Crippen LogP contribution < -0.4 is 10.6 Å². The average molecular weight is 329 g/mol. The first kappa shape index (κ1) is 16.1. The quantitative estimate of drug-likeness (QED) is 0.746. The normalized spacial score (nSPS) is 16.4. The van der Waals surface area contributed by atoms with Crippen LogP contribution in [0.2, 0.25) is 0 Å². The minimum absolute atomic E-state index is 0.0333. The van der Waals surface area contributed by atoms with Crippen LogP contribution in [0.5, 0.6) is 0 Å². The van der Waals surface area contributed by atoms with Crippen LogP contribution in [0.1, 0.15) is 33.5 Å². The molecule has 0 spiro atoms. The highest BCUT2D eigenvalue weighted by molar-refractivity contribution is 6.05. The maximum Gasteiger partial charge on any atom is 0.274 e. The van der Waals surface area contributed by atoms with Crippen LogP contribution in [0, 0.1) is 0 Å². The summed E-state index contributed by atoms with van der Waals surface area (Å²) in [6.45, 7) is 3.55. The highest BCUT2D eigenvalue weighted by Crippen LogP contribution is 2.11. The van der Waals surface area contributed by atoms with Crippen molar-refractivity contribution in [1.82, 2.24) is 25.6 Å². The van der Waals surface area contributed by atoms with Crippen LogP contribution in [0.3, 0.4) is 0 Å². The van der Waals surface area contributed by atoms with Crippen LogP contribution in [0.15, 0.2) is 30.3 Å². The van der Waals surface area contributed by atoms with Gasteiger partial charge in [-0.3, -0.25) is 9.59 Å². The molecule has 0 unspecified atom stereocenters. The zero-order valence-electron chi connectivity index (χ0n) is 13.4. The molecular formula is C16H19N5O3. The van der Waals surface area contributed by atoms with Gasteiger partial charge in [-0.2, -0.15) is 0 Å². The number of benzene rings is 1. The third kappa shape index (κ3) is 3.60. The Morgan fingerprint density at radius 1 is 1.42 bits per heavy atom. The number of hydrogen-bond donors (Lipinski definition) is 2. The number of hydrogen-bond acceptors (Lipinski definition) is 5. The van der Waals surface area contributed by atoms with Gasteiger partial charge in [0.15, 0.2) is 11.4 Å². The summed E-state index contributed by atoms with van der Waals surface area (Å²) < 4.78 is 6.96. The lowest BCUT2D eigenvalue weighted by atomic mass is 10.2. The number of amides is 2. The lowest BCUT2D eigenvalue weighted by Gasteiger charge is -2.20. The number of ether oxygens (including phenoxy) is 1. The van der Waals surface area contributed by atoms with Crippen molar-refractivity contribution in [3.8, 4) is 0 Å². The standard InChI is InChI=1S/C16H19N5O3/c1-11-9-21-14(16(23)18-11)13(19-20-21)15(22)17-7-8-24-10-12-5-3-2-4-6-12/h2-6,11H,7-10H2,1H3,(H,17,22)(H,18,23)/t11-/m0/s1. The van der Waals surface area contributed by atoms with Gasteiger partial charge >= 0.3 is 0 Å². The fraction of sp³-hybridized carbons (Fsp3) is 0.375. The van der Waals surface area contributed by atoms with Gasteiger partial charge in [-0.25, -0.2) is 4.68 Å². The molecule has 8 heteroatoms. The Bertz CT molecular complexity index is 729. The highest BCUT2D eigenvalue weighted by Gasteiger charge is 2.30. The summed E-state index contributed by atoms with van der Waals surface area (Å²) in [5, 5.41) is 13.2. The molecule has 3 rings (SSSR count). The van der Waals surface area contributed by atoms with Crippen LogP contribution >= 0.6 is 0 Å². The Kier molecular flexibility index (Phi) is 4.85. The molecule has 0 saturated carbocycles. The topological polar surface area (TPSA) is 98.1 Å². The summed E-state index contributed by atoms with van der Waals surface area (Å²) in [5.41, 5.74) is 1.32. The van der Waals surface area contributed by atoms with Crippen LogP contribution in [0.25, 0.3) is 0 Å². The van der Waals surface area contributed by atoms with Gasteiger partial charge in [0.05, 0.1) is 19.8 Å². The van der Waals surface area contributed by atoms with Gasteiger partial charge in [-0.1, -0.05) is 35.5 Å². The second kappa shape index (κ2) is 7.22. The van der Waals surface area contributed by atoms with E-state index >= 15 is 0 Å². The fourth-order valence-corrected chi connectivity index (χ4v) is 2.50. The summed E-state index contributed by atoms with van der Waals surface area (Å²) in [4.78, 5) is 24.2. The maximum absolute atomic E-state index is 12.2. The molecule has 24 heavy (non-hydrogen) atoms. The van der Waals surface area contributed by atoms with E-state index in [-0.39, 0.29) is 23.3 Å². The van der Waals surface area contributed by atoms with Gasteiger partial charge < -0.3 is 15.4 Å². The smallest absolute Gasteiger partial charge is 0.274 e. The Morgan fingerprint density at radius 3 is 3.00 bits per heavy atom. The second-order valence-electron chi connectivity index (χ2n) is 5.64. The summed E-state index contributed by atoms with van der Waals surface area (Å²) in [6.07, 6.45) is 0. The Morgan fingerprint density at radius 2 is 2.21 bits per heavy atom. The fourth-order valence-electron chi connectivity index (χ4n) is 2.50. The van der Waals surface area contributed by atoms with Crippen molar-refractivity contribution < 1.29 is 14.3 Å². The maximum atomic E-state index is 12.2. The van der Waals surface area contributed by atoms with E-state index in [0.29, 0.717) is 26.3 Å². The van der Waals surface area contributed by atoms with Crippen molar-refractivity contribution in [1.29, 1.82) is 0 Å². The summed E-state index contributed by atoms with van der Waals surface area (Å²) in [7, 11) is 0. The molecule has 1 aliphatic heterocycles. The van der Waals surface area contributed by atoms with E-state index in [0.717, 1.165) is 5.56 Å². The number of rotatable bonds is 6. The zero-order valence-corrected chi connectivity index (χ0v) is 13.4. The van der Waals surface area contributed by atoms with E-state index in [2.05, 4.69) is 20.9 Å². The SMILES string of the molecule is C[C@H]1Cn2nnc(C(=O)NCCOCc3ccccc3)c2C(=O)N1. The van der Waals surface area contributed by atoms with Crippen LogP contribution in [-0.4, -0.2) is 46.0 Å². The molecule has 2 N–H and O–H groups in total. The predicted octanol–water partition coefficient (Wildman–Crippen LogP) is 0.357. The van der Waals surface area contributed by atoms with Gasteiger partial charge in [0, 0.05) is 12.6 Å². The van der Waals surface area contributed by atoms with Gasteiger partial charge in [0.25, 0.3) is 11.8 Å². The number of aromatic nitrogens is 3. The Hall–Kier alpha value is -2.74. The molecule has 0 saturated heterocycles. The molecule has 2 heterocycles. The lowest BCUT2D eigenvalue weighted by Crippen LogP contribution is -2.43. The summed E-state index contributed by atoms with van der Waals surface area (Å²) in [5.74, 6) is -0.756. The molecule has 1 atom stereocenters. The summed E-state index contributed by atoms with van der Waals surface area (Å²) >= 11 is 0. The molecule has 1 aliphatic rings. The number of nitrogens with zero attached hydrogens (tertiary/aromatic N) is 3. The van der Waals surface area contributed by atoms with Crippen molar-refractivity contribution >= 4 is 11.8 Å². The third-order valence-electron chi connectivity index (χ3n) is 3.63. The third-order valence-corrected chi connectivity index (χ3v) is 3.63. The minimum atomic E-state index is -0.427. The highest BCUT2D eigenvalue weighted by atomic mass is 16.5. The van der Waals surface area contributed by atoms with Crippen molar-refractivity contribution in [3.05, 3.63) is 47.3 Å². The van der Waals surface area contributed by atoms with Gasteiger partial charge in [-0.05, 0) is 12.5 Å². The molecule has 8 nitrogen and oxygen atoms in total. The Labute approximate surface area is 139 Å². The van der Waals surface area contributed by atoms with Crippen LogP contribution in [0.4, 0.5) is 0 Å². The number of carbonyl (C=O) groups excluding carboxylic acids is 2. The molecule has 0 radical (unpaired) electrons. The first-order chi connectivity index (χ1) is 11.6. The van der Waals surface area contributed by atoms with E-state index < -0.39 is 5.91 Å². The molecule has 126 valence electrons. The average Bonchev–Trinajstić information content (AvgIpc) is 2.99. The number of nitrogens with one attached hydrogen (secondary N) is 2. The number of fused-ring (bicyclic) bond motifs is 1. The van der Waals surface area contributed by atoms with Gasteiger partial charge in [-0.15, -0.1) is 5.10 Å². The van der Waals surface area contributed by atoms with E-state index in [4.69, 9.17) is 4.74 Å². The predicted molar refractivity (Wildman–Crippen MR) is 85.4 cm³/mol. The molecule has 2 aromatic rings. The number of carbonyl (C=O) groups is 2. The molecule has 0 aliphatic carbocycles. The summed E-state index contributed by atoms with van der Waals surface area (Å²) in [6, 6.07) is 9.75. The lowest BCUT2D eigenvalue weighted by molar-refractivity contribution is 0.0864. The largest absolute Gasteiger partial charge is 0.375 e. The first-order valence-electron chi connectivity index (χ1n) is 7.79. The monoisotopic (exact) mass is 329 g/mol. The van der Waals surface area contributed by atoms with Crippen molar-refractivity contribution in [2.24, 2.45) is 0 Å². The van der Waals surface area contributed by atoms with E-state index in [1.165, 1.54) is 4.68 Å². The molecule has 0 bridgehead atoms. The van der Waals surface area contributed by atoms with Gasteiger partial charge in [0.2, 0.25) is 0 Å². The zero-order chi connectivity index (χ0) is 16.9. The van der Waals surface area contributed by atoms with Crippen molar-refractivity contribution in [2.75, 3.05) is 13.2 Å². The molecule has 1 aromatic heterocycles. The Balaban J connectivity index is 1.49. The van der Waals surface area contributed by atoms with E-state index in [1.54, 1.807) is 0 Å². The molecule has 2 amide bonds. The van der Waals surface area contributed by atoms with Crippen molar-refractivity contribution in [2.45, 2.75) is 26.1 Å². The van der Waals surface area contributed by atoms with Crippen LogP contribution in [-0.2, 0) is 17.9 Å².